The highest BCUT2D eigenvalue weighted by Crippen LogP contribution is 2.22. The highest BCUT2D eigenvalue weighted by molar-refractivity contribution is 6.30. The van der Waals surface area contributed by atoms with Crippen molar-refractivity contribution in [1.82, 2.24) is 0 Å². The Labute approximate surface area is 126 Å². The summed E-state index contributed by atoms with van der Waals surface area (Å²) in [6.07, 6.45) is 2.55. The van der Waals surface area contributed by atoms with E-state index in [0.717, 1.165) is 17.2 Å². The summed E-state index contributed by atoms with van der Waals surface area (Å²) in [5.41, 5.74) is 1.53. The molecule has 0 spiro atoms. The standard InChI is InChI=1S/C16H12ClFO3/c17-14-7-6-13(9-15(14)18)21-10-12-4-2-1-3-11(12)5-8-16(19)20/h1-9H,10H2,(H,19,20)/b8-5+. The Kier molecular flexibility index (Phi) is 4.95. The van der Waals surface area contributed by atoms with Gasteiger partial charge >= 0.3 is 5.97 Å². The van der Waals surface area contributed by atoms with Gasteiger partial charge in [-0.2, -0.15) is 0 Å². The molecule has 0 radical (unpaired) electrons. The molecule has 108 valence electrons. The molecular formula is C16H12ClFO3. The van der Waals surface area contributed by atoms with Crippen LogP contribution < -0.4 is 4.74 Å². The number of halogens is 2. The minimum Gasteiger partial charge on any atom is -0.489 e. The lowest BCUT2D eigenvalue weighted by atomic mass is 10.1. The summed E-state index contributed by atoms with van der Waals surface area (Å²) >= 11 is 5.60. The second-order valence-electron chi connectivity index (χ2n) is 4.23. The average molecular weight is 307 g/mol. The molecule has 5 heteroatoms. The predicted molar refractivity (Wildman–Crippen MR) is 78.9 cm³/mol. The first-order chi connectivity index (χ1) is 10.1. The smallest absolute Gasteiger partial charge is 0.328 e. The van der Waals surface area contributed by atoms with E-state index < -0.39 is 11.8 Å². The normalized spacial score (nSPS) is 10.8. The van der Waals surface area contributed by atoms with Crippen LogP contribution in [0.1, 0.15) is 11.1 Å². The van der Waals surface area contributed by atoms with E-state index >= 15 is 0 Å². The Morgan fingerprint density at radius 2 is 2.05 bits per heavy atom. The molecule has 21 heavy (non-hydrogen) atoms. The highest BCUT2D eigenvalue weighted by atomic mass is 35.5. The van der Waals surface area contributed by atoms with Crippen molar-refractivity contribution in [1.29, 1.82) is 0 Å². The van der Waals surface area contributed by atoms with Crippen LogP contribution >= 0.6 is 11.6 Å². The fraction of sp³-hybridized carbons (Fsp3) is 0.0625. The third kappa shape index (κ3) is 4.33. The summed E-state index contributed by atoms with van der Waals surface area (Å²) < 4.78 is 18.8. The number of aliphatic carboxylic acids is 1. The van der Waals surface area contributed by atoms with Crippen molar-refractivity contribution in [2.24, 2.45) is 0 Å². The fourth-order valence-electron chi connectivity index (χ4n) is 1.72. The van der Waals surface area contributed by atoms with E-state index in [1.54, 1.807) is 18.2 Å². The Balaban J connectivity index is 2.12. The molecule has 0 bridgehead atoms. The van der Waals surface area contributed by atoms with Crippen molar-refractivity contribution in [3.63, 3.8) is 0 Å². The first kappa shape index (κ1) is 15.1. The van der Waals surface area contributed by atoms with Crippen molar-refractivity contribution in [2.45, 2.75) is 6.61 Å². The van der Waals surface area contributed by atoms with Crippen molar-refractivity contribution in [3.05, 3.63) is 70.5 Å². The monoisotopic (exact) mass is 306 g/mol. The molecule has 2 rings (SSSR count). The van der Waals surface area contributed by atoms with Gasteiger partial charge in [-0.1, -0.05) is 35.9 Å². The van der Waals surface area contributed by atoms with Crippen LogP contribution in [0.4, 0.5) is 4.39 Å². The van der Waals surface area contributed by atoms with Crippen molar-refractivity contribution in [3.8, 4) is 5.75 Å². The van der Waals surface area contributed by atoms with Gasteiger partial charge in [0.15, 0.2) is 0 Å². The van der Waals surface area contributed by atoms with Gasteiger partial charge in [0.25, 0.3) is 0 Å². The van der Waals surface area contributed by atoms with Crippen molar-refractivity contribution < 1.29 is 19.0 Å². The molecule has 0 heterocycles. The summed E-state index contributed by atoms with van der Waals surface area (Å²) in [5, 5.41) is 8.69. The van der Waals surface area contributed by atoms with Gasteiger partial charge < -0.3 is 9.84 Å². The number of rotatable bonds is 5. The maximum absolute atomic E-state index is 13.3. The maximum Gasteiger partial charge on any atom is 0.328 e. The first-order valence-electron chi connectivity index (χ1n) is 6.13. The van der Waals surface area contributed by atoms with Gasteiger partial charge in [-0.05, 0) is 29.3 Å². The third-order valence-electron chi connectivity index (χ3n) is 2.75. The van der Waals surface area contributed by atoms with Crippen LogP contribution in [0.2, 0.25) is 5.02 Å². The number of benzene rings is 2. The highest BCUT2D eigenvalue weighted by Gasteiger charge is 2.04. The lowest BCUT2D eigenvalue weighted by Gasteiger charge is -2.09. The minimum atomic E-state index is -1.02. The molecule has 0 aliphatic rings. The van der Waals surface area contributed by atoms with Crippen molar-refractivity contribution in [2.75, 3.05) is 0 Å². The molecule has 3 nitrogen and oxygen atoms in total. The lowest BCUT2D eigenvalue weighted by molar-refractivity contribution is -0.131. The molecule has 0 aliphatic heterocycles. The number of carboxylic acid groups (broad SMARTS) is 1. The molecule has 0 aliphatic carbocycles. The summed E-state index contributed by atoms with van der Waals surface area (Å²) in [4.78, 5) is 10.6. The Bertz CT molecular complexity index is 683. The molecule has 2 aromatic rings. The Hall–Kier alpha value is -2.33. The van der Waals surface area contributed by atoms with Crippen LogP contribution in [0, 0.1) is 5.82 Å². The van der Waals surface area contributed by atoms with E-state index in [-0.39, 0.29) is 11.6 Å². The topological polar surface area (TPSA) is 46.5 Å². The number of ether oxygens (including phenoxy) is 1. The summed E-state index contributed by atoms with van der Waals surface area (Å²) in [6.45, 7) is 0.196. The van der Waals surface area contributed by atoms with E-state index in [4.69, 9.17) is 21.4 Å². The van der Waals surface area contributed by atoms with Crippen LogP contribution in [0.3, 0.4) is 0 Å². The molecule has 0 amide bonds. The second-order valence-corrected chi connectivity index (χ2v) is 4.64. The molecule has 1 N–H and O–H groups in total. The zero-order chi connectivity index (χ0) is 15.2. The summed E-state index contributed by atoms with van der Waals surface area (Å²) in [5.74, 6) is -1.22. The van der Waals surface area contributed by atoms with Crippen LogP contribution in [-0.2, 0) is 11.4 Å². The van der Waals surface area contributed by atoms with E-state index in [1.807, 2.05) is 12.1 Å². The zero-order valence-corrected chi connectivity index (χ0v) is 11.7. The average Bonchev–Trinajstić information content (AvgIpc) is 2.47. The largest absolute Gasteiger partial charge is 0.489 e. The van der Waals surface area contributed by atoms with Crippen LogP contribution in [0.25, 0.3) is 6.08 Å². The Morgan fingerprint density at radius 1 is 1.29 bits per heavy atom. The van der Waals surface area contributed by atoms with Gasteiger partial charge in [-0.25, -0.2) is 9.18 Å². The number of hydrogen-bond donors (Lipinski definition) is 1. The van der Waals surface area contributed by atoms with Gasteiger partial charge in [0, 0.05) is 12.1 Å². The molecule has 0 atom stereocenters. The van der Waals surface area contributed by atoms with E-state index in [2.05, 4.69) is 0 Å². The molecule has 0 saturated heterocycles. The van der Waals surface area contributed by atoms with Gasteiger partial charge in [0.1, 0.15) is 18.2 Å². The molecule has 0 saturated carbocycles. The van der Waals surface area contributed by atoms with Gasteiger partial charge in [0.05, 0.1) is 5.02 Å². The third-order valence-corrected chi connectivity index (χ3v) is 3.05. The summed E-state index contributed by atoms with van der Waals surface area (Å²) in [7, 11) is 0. The van der Waals surface area contributed by atoms with E-state index in [0.29, 0.717) is 5.75 Å². The van der Waals surface area contributed by atoms with E-state index in [1.165, 1.54) is 18.2 Å². The van der Waals surface area contributed by atoms with Gasteiger partial charge in [0.2, 0.25) is 0 Å². The van der Waals surface area contributed by atoms with Crippen LogP contribution in [0.15, 0.2) is 48.5 Å². The molecule has 0 fully saturated rings. The minimum absolute atomic E-state index is 0.0344. The number of hydrogen-bond acceptors (Lipinski definition) is 2. The van der Waals surface area contributed by atoms with E-state index in [9.17, 15) is 9.18 Å². The second kappa shape index (κ2) is 6.90. The zero-order valence-electron chi connectivity index (χ0n) is 10.9. The van der Waals surface area contributed by atoms with Crippen LogP contribution in [-0.4, -0.2) is 11.1 Å². The molecular weight excluding hydrogens is 295 g/mol. The summed E-state index contributed by atoms with van der Waals surface area (Å²) in [6, 6.07) is 11.4. The van der Waals surface area contributed by atoms with Crippen LogP contribution in [0.5, 0.6) is 5.75 Å². The van der Waals surface area contributed by atoms with Gasteiger partial charge in [-0.15, -0.1) is 0 Å². The lowest BCUT2D eigenvalue weighted by Crippen LogP contribution is -1.98. The SMILES string of the molecule is O=C(O)/C=C/c1ccccc1COc1ccc(Cl)c(F)c1. The first-order valence-corrected chi connectivity index (χ1v) is 6.51. The Morgan fingerprint density at radius 3 is 2.76 bits per heavy atom. The van der Waals surface area contributed by atoms with Crippen molar-refractivity contribution >= 4 is 23.6 Å². The fourth-order valence-corrected chi connectivity index (χ4v) is 1.83. The number of carboxylic acids is 1. The molecule has 0 unspecified atom stereocenters. The quantitative estimate of drug-likeness (QED) is 0.844. The predicted octanol–water partition coefficient (Wildman–Crippen LogP) is 4.16. The maximum atomic E-state index is 13.3. The molecule has 2 aromatic carbocycles. The number of carbonyl (C=O) groups is 1. The van der Waals surface area contributed by atoms with Gasteiger partial charge in [-0.3, -0.25) is 0 Å². The molecule has 0 aromatic heterocycles.